The van der Waals surface area contributed by atoms with E-state index in [0.29, 0.717) is 28.0 Å². The number of rotatable bonds is 5. The van der Waals surface area contributed by atoms with E-state index in [0.717, 1.165) is 6.42 Å². The molecule has 20 heavy (non-hydrogen) atoms. The lowest BCUT2D eigenvalue weighted by molar-refractivity contribution is 0.102. The van der Waals surface area contributed by atoms with Gasteiger partial charge in [-0.05, 0) is 40.5 Å². The van der Waals surface area contributed by atoms with Gasteiger partial charge in [-0.2, -0.15) is 5.10 Å². The summed E-state index contributed by atoms with van der Waals surface area (Å²) in [6, 6.07) is 3.97. The summed E-state index contributed by atoms with van der Waals surface area (Å²) in [4.78, 5) is 12.6. The van der Waals surface area contributed by atoms with Gasteiger partial charge in [-0.1, -0.05) is 6.92 Å². The van der Waals surface area contributed by atoms with Crippen LogP contribution in [0.5, 0.6) is 5.75 Å². The van der Waals surface area contributed by atoms with Crippen LogP contribution in [0.15, 0.2) is 28.9 Å². The molecule has 0 radical (unpaired) electrons. The fraction of sp³-hybridized carbons (Fsp3) is 0.286. The lowest BCUT2D eigenvalue weighted by Crippen LogP contribution is -2.13. The lowest BCUT2D eigenvalue weighted by Gasteiger charge is -2.08. The molecule has 1 heterocycles. The minimum atomic E-state index is -0.401. The Kier molecular flexibility index (Phi) is 4.54. The molecule has 0 spiro atoms. The van der Waals surface area contributed by atoms with Crippen molar-refractivity contribution in [3.05, 3.63) is 45.9 Å². The zero-order valence-corrected chi connectivity index (χ0v) is 12.8. The number of carbonyl (C=O) groups excluding carboxylic acids is 1. The Bertz CT molecular complexity index is 640. The van der Waals surface area contributed by atoms with Crippen molar-refractivity contribution in [3.63, 3.8) is 0 Å². The topological polar surface area (TPSA) is 44.1 Å². The second-order valence-corrected chi connectivity index (χ2v) is 5.09. The van der Waals surface area contributed by atoms with Gasteiger partial charge in [-0.3, -0.25) is 9.48 Å². The molecule has 0 saturated carbocycles. The van der Waals surface area contributed by atoms with Crippen LogP contribution in [0.3, 0.4) is 0 Å². The maximum atomic E-state index is 13.1. The number of aromatic nitrogens is 2. The number of methoxy groups -OCH3 is 1. The molecule has 0 saturated heterocycles. The summed E-state index contributed by atoms with van der Waals surface area (Å²) < 4.78 is 20.3. The Labute approximate surface area is 124 Å². The van der Waals surface area contributed by atoms with Gasteiger partial charge in [-0.25, -0.2) is 4.39 Å². The van der Waals surface area contributed by atoms with Crippen LogP contribution in [-0.2, 0) is 6.54 Å². The molecule has 4 nitrogen and oxygen atoms in total. The van der Waals surface area contributed by atoms with Crippen LogP contribution < -0.4 is 4.74 Å². The number of benzene rings is 1. The van der Waals surface area contributed by atoms with Gasteiger partial charge in [-0.15, -0.1) is 0 Å². The second kappa shape index (κ2) is 6.17. The van der Waals surface area contributed by atoms with Crippen LogP contribution in [0.4, 0.5) is 4.39 Å². The van der Waals surface area contributed by atoms with E-state index in [1.165, 1.54) is 31.5 Å². The van der Waals surface area contributed by atoms with Crippen molar-refractivity contribution in [2.45, 2.75) is 19.9 Å². The third-order valence-corrected chi connectivity index (χ3v) is 3.51. The first kappa shape index (κ1) is 14.7. The molecule has 2 aromatic rings. The van der Waals surface area contributed by atoms with Gasteiger partial charge < -0.3 is 4.74 Å². The third kappa shape index (κ3) is 2.75. The first-order valence-electron chi connectivity index (χ1n) is 6.18. The van der Waals surface area contributed by atoms with Crippen LogP contribution in [0.1, 0.15) is 29.4 Å². The molecule has 1 aromatic carbocycles. The fourth-order valence-electron chi connectivity index (χ4n) is 1.93. The van der Waals surface area contributed by atoms with Gasteiger partial charge in [0.2, 0.25) is 5.78 Å². The summed E-state index contributed by atoms with van der Waals surface area (Å²) in [5.74, 6) is -0.234. The standard InChI is InChI=1S/C14H14BrFN2O2/c1-3-6-18-13(12(20-2)8-17-18)14(19)10-5-4-9(16)7-11(10)15/h4-5,7-8H,3,6H2,1-2H3. The summed E-state index contributed by atoms with van der Waals surface area (Å²) in [5, 5.41) is 4.15. The average Bonchev–Trinajstić information content (AvgIpc) is 2.81. The molecular formula is C14H14BrFN2O2. The van der Waals surface area contributed by atoms with Crippen molar-refractivity contribution < 1.29 is 13.9 Å². The van der Waals surface area contributed by atoms with Gasteiger partial charge in [0.25, 0.3) is 0 Å². The molecule has 6 heteroatoms. The Balaban J connectivity index is 2.49. The molecule has 0 amide bonds. The summed E-state index contributed by atoms with van der Waals surface area (Å²) in [5.41, 5.74) is 0.754. The minimum Gasteiger partial charge on any atom is -0.493 e. The predicted octanol–water partition coefficient (Wildman–Crippen LogP) is 3.43. The molecule has 0 aliphatic carbocycles. The van der Waals surface area contributed by atoms with E-state index in [1.807, 2.05) is 6.92 Å². The number of hydrogen-bond donors (Lipinski definition) is 0. The first-order chi connectivity index (χ1) is 9.58. The summed E-state index contributed by atoms with van der Waals surface area (Å²) >= 11 is 3.21. The number of ketones is 1. The predicted molar refractivity (Wildman–Crippen MR) is 76.6 cm³/mol. The molecule has 0 bridgehead atoms. The summed E-state index contributed by atoms with van der Waals surface area (Å²) in [6.07, 6.45) is 2.36. The molecule has 1 aromatic heterocycles. The van der Waals surface area contributed by atoms with Crippen molar-refractivity contribution >= 4 is 21.7 Å². The summed E-state index contributed by atoms with van der Waals surface area (Å²) in [6.45, 7) is 2.61. The van der Waals surface area contributed by atoms with E-state index >= 15 is 0 Å². The van der Waals surface area contributed by atoms with Gasteiger partial charge in [0.1, 0.15) is 5.82 Å². The lowest BCUT2D eigenvalue weighted by atomic mass is 10.1. The molecule has 0 N–H and O–H groups in total. The quantitative estimate of drug-likeness (QED) is 0.783. The number of nitrogens with zero attached hydrogens (tertiary/aromatic N) is 2. The van der Waals surface area contributed by atoms with Crippen LogP contribution in [-0.4, -0.2) is 22.7 Å². The van der Waals surface area contributed by atoms with Gasteiger partial charge in [0.05, 0.1) is 13.3 Å². The maximum Gasteiger partial charge on any atom is 0.215 e. The van der Waals surface area contributed by atoms with Crippen molar-refractivity contribution in [3.8, 4) is 5.75 Å². The van der Waals surface area contributed by atoms with Crippen molar-refractivity contribution in [2.24, 2.45) is 0 Å². The van der Waals surface area contributed by atoms with E-state index in [4.69, 9.17) is 4.74 Å². The van der Waals surface area contributed by atoms with Crippen LogP contribution in [0, 0.1) is 5.82 Å². The van der Waals surface area contributed by atoms with E-state index in [-0.39, 0.29) is 5.78 Å². The Morgan fingerprint density at radius 3 is 2.85 bits per heavy atom. The Morgan fingerprint density at radius 2 is 2.25 bits per heavy atom. The van der Waals surface area contributed by atoms with Crippen molar-refractivity contribution in [1.82, 2.24) is 9.78 Å². The van der Waals surface area contributed by atoms with Crippen molar-refractivity contribution in [2.75, 3.05) is 7.11 Å². The highest BCUT2D eigenvalue weighted by Crippen LogP contribution is 2.26. The minimum absolute atomic E-state index is 0.250. The fourth-order valence-corrected chi connectivity index (χ4v) is 2.46. The first-order valence-corrected chi connectivity index (χ1v) is 6.97. The number of aryl methyl sites for hydroxylation is 1. The molecule has 0 atom stereocenters. The number of carbonyl (C=O) groups is 1. The summed E-state index contributed by atoms with van der Waals surface area (Å²) in [7, 11) is 1.49. The van der Waals surface area contributed by atoms with E-state index in [1.54, 1.807) is 4.68 Å². The largest absolute Gasteiger partial charge is 0.493 e. The molecule has 106 valence electrons. The van der Waals surface area contributed by atoms with E-state index in [9.17, 15) is 9.18 Å². The van der Waals surface area contributed by atoms with Gasteiger partial charge in [0, 0.05) is 16.6 Å². The smallest absolute Gasteiger partial charge is 0.215 e. The molecule has 0 fully saturated rings. The zero-order chi connectivity index (χ0) is 14.7. The van der Waals surface area contributed by atoms with Crippen LogP contribution in [0.25, 0.3) is 0 Å². The van der Waals surface area contributed by atoms with Gasteiger partial charge in [0.15, 0.2) is 11.4 Å². The highest BCUT2D eigenvalue weighted by Gasteiger charge is 2.22. The number of hydrogen-bond acceptors (Lipinski definition) is 3. The van der Waals surface area contributed by atoms with Crippen LogP contribution >= 0.6 is 15.9 Å². The normalized spacial score (nSPS) is 10.6. The highest BCUT2D eigenvalue weighted by atomic mass is 79.9. The molecule has 2 rings (SSSR count). The monoisotopic (exact) mass is 340 g/mol. The second-order valence-electron chi connectivity index (χ2n) is 4.24. The Morgan fingerprint density at radius 1 is 1.50 bits per heavy atom. The molecular weight excluding hydrogens is 327 g/mol. The highest BCUT2D eigenvalue weighted by molar-refractivity contribution is 9.10. The third-order valence-electron chi connectivity index (χ3n) is 2.85. The molecule has 0 unspecified atom stereocenters. The van der Waals surface area contributed by atoms with Gasteiger partial charge >= 0.3 is 0 Å². The van der Waals surface area contributed by atoms with Crippen molar-refractivity contribution in [1.29, 1.82) is 0 Å². The number of halogens is 2. The van der Waals surface area contributed by atoms with Crippen LogP contribution in [0.2, 0.25) is 0 Å². The SMILES string of the molecule is CCCn1ncc(OC)c1C(=O)c1ccc(F)cc1Br. The zero-order valence-electron chi connectivity index (χ0n) is 11.2. The maximum absolute atomic E-state index is 13.1. The van der Waals surface area contributed by atoms with E-state index < -0.39 is 5.82 Å². The molecule has 0 aliphatic heterocycles. The Hall–Kier alpha value is -1.69. The van der Waals surface area contributed by atoms with E-state index in [2.05, 4.69) is 21.0 Å². The number of ether oxygens (including phenoxy) is 1. The average molecular weight is 341 g/mol. The molecule has 0 aliphatic rings.